The maximum Gasteiger partial charge on any atom is 0.125 e. The summed E-state index contributed by atoms with van der Waals surface area (Å²) in [7, 11) is 0. The Balaban J connectivity index is 2.18. The van der Waals surface area contributed by atoms with E-state index in [1.807, 2.05) is 12.3 Å². The fourth-order valence-electron chi connectivity index (χ4n) is 1.82. The van der Waals surface area contributed by atoms with Gasteiger partial charge in [-0.25, -0.2) is 4.98 Å². The molecule has 3 nitrogen and oxygen atoms in total. The predicted molar refractivity (Wildman–Crippen MR) is 81.3 cm³/mol. The molecular formula is C15H21N3S. The third-order valence-corrected chi connectivity index (χ3v) is 4.39. The molecule has 2 heterocycles. The van der Waals surface area contributed by atoms with Gasteiger partial charge in [0.05, 0.1) is 5.69 Å². The summed E-state index contributed by atoms with van der Waals surface area (Å²) in [4.78, 5) is 10.3. The Morgan fingerprint density at radius 2 is 2.21 bits per heavy atom. The number of nitrogens with one attached hydrogen (secondary N) is 1. The summed E-state index contributed by atoms with van der Waals surface area (Å²) in [6, 6.07) is 4.57. The molecule has 2 aromatic rings. The van der Waals surface area contributed by atoms with Gasteiger partial charge in [-0.2, -0.15) is 0 Å². The quantitative estimate of drug-likeness (QED) is 0.874. The van der Waals surface area contributed by atoms with E-state index in [9.17, 15) is 0 Å². The van der Waals surface area contributed by atoms with Crippen molar-refractivity contribution in [1.29, 1.82) is 0 Å². The van der Waals surface area contributed by atoms with Crippen LogP contribution in [0.3, 0.4) is 0 Å². The molecule has 1 atom stereocenters. The normalized spacial score (nSPS) is 12.6. The Bertz CT molecular complexity index is 507. The SMILES string of the molecule is CCc1nc(-c2cccnc2)sc1CNC(C)CC. The fraction of sp³-hybridized carbons (Fsp3) is 0.467. The number of rotatable bonds is 6. The molecule has 1 unspecified atom stereocenters. The molecule has 0 radical (unpaired) electrons. The van der Waals surface area contributed by atoms with Gasteiger partial charge in [0.15, 0.2) is 0 Å². The van der Waals surface area contributed by atoms with E-state index in [2.05, 4.69) is 37.1 Å². The van der Waals surface area contributed by atoms with Gasteiger partial charge in [0.25, 0.3) is 0 Å². The average molecular weight is 275 g/mol. The smallest absolute Gasteiger partial charge is 0.125 e. The fourth-order valence-corrected chi connectivity index (χ4v) is 2.91. The van der Waals surface area contributed by atoms with Crippen LogP contribution in [0.2, 0.25) is 0 Å². The summed E-state index contributed by atoms with van der Waals surface area (Å²) >= 11 is 1.78. The number of aryl methyl sites for hydroxylation is 1. The van der Waals surface area contributed by atoms with E-state index in [1.165, 1.54) is 10.6 Å². The highest BCUT2D eigenvalue weighted by molar-refractivity contribution is 7.15. The largest absolute Gasteiger partial charge is 0.309 e. The molecule has 1 N–H and O–H groups in total. The van der Waals surface area contributed by atoms with Crippen molar-refractivity contribution in [2.75, 3.05) is 0 Å². The molecule has 0 bridgehead atoms. The minimum Gasteiger partial charge on any atom is -0.309 e. The zero-order chi connectivity index (χ0) is 13.7. The predicted octanol–water partition coefficient (Wildman–Crippen LogP) is 3.66. The van der Waals surface area contributed by atoms with Crippen LogP contribution in [-0.2, 0) is 13.0 Å². The molecule has 2 aromatic heterocycles. The third-order valence-electron chi connectivity index (χ3n) is 3.25. The molecule has 0 aliphatic heterocycles. The second-order valence-electron chi connectivity index (χ2n) is 4.67. The van der Waals surface area contributed by atoms with Crippen molar-refractivity contribution in [3.63, 3.8) is 0 Å². The van der Waals surface area contributed by atoms with Gasteiger partial charge >= 0.3 is 0 Å². The van der Waals surface area contributed by atoms with Crippen molar-refractivity contribution in [3.05, 3.63) is 35.1 Å². The van der Waals surface area contributed by atoms with E-state index in [0.717, 1.165) is 30.0 Å². The number of pyridine rings is 1. The number of thiazole rings is 1. The minimum absolute atomic E-state index is 0.550. The van der Waals surface area contributed by atoms with E-state index >= 15 is 0 Å². The topological polar surface area (TPSA) is 37.8 Å². The van der Waals surface area contributed by atoms with E-state index in [0.29, 0.717) is 6.04 Å². The summed E-state index contributed by atoms with van der Waals surface area (Å²) in [5.74, 6) is 0. The zero-order valence-corrected chi connectivity index (χ0v) is 12.6. The molecule has 102 valence electrons. The summed E-state index contributed by atoms with van der Waals surface area (Å²) in [5.41, 5.74) is 2.32. The zero-order valence-electron chi connectivity index (χ0n) is 11.8. The summed E-state index contributed by atoms with van der Waals surface area (Å²) in [6.07, 6.45) is 5.80. The van der Waals surface area contributed by atoms with Crippen molar-refractivity contribution >= 4 is 11.3 Å². The van der Waals surface area contributed by atoms with Crippen LogP contribution in [0.25, 0.3) is 10.6 Å². The Kier molecular flexibility index (Phi) is 5.05. The Labute approximate surface area is 119 Å². The number of hydrogen-bond donors (Lipinski definition) is 1. The van der Waals surface area contributed by atoms with E-state index < -0.39 is 0 Å². The van der Waals surface area contributed by atoms with E-state index in [4.69, 9.17) is 4.98 Å². The first-order valence-electron chi connectivity index (χ1n) is 6.87. The van der Waals surface area contributed by atoms with Gasteiger partial charge in [-0.1, -0.05) is 13.8 Å². The second kappa shape index (κ2) is 6.78. The highest BCUT2D eigenvalue weighted by Crippen LogP contribution is 2.28. The van der Waals surface area contributed by atoms with Crippen molar-refractivity contribution in [1.82, 2.24) is 15.3 Å². The van der Waals surface area contributed by atoms with E-state index in [-0.39, 0.29) is 0 Å². The van der Waals surface area contributed by atoms with Crippen molar-refractivity contribution < 1.29 is 0 Å². The lowest BCUT2D eigenvalue weighted by Crippen LogP contribution is -2.24. The molecule has 0 saturated heterocycles. The van der Waals surface area contributed by atoms with Gasteiger partial charge in [0, 0.05) is 35.4 Å². The lowest BCUT2D eigenvalue weighted by atomic mass is 10.2. The molecular weight excluding hydrogens is 254 g/mol. The van der Waals surface area contributed by atoms with E-state index in [1.54, 1.807) is 17.5 Å². The highest BCUT2D eigenvalue weighted by atomic mass is 32.1. The third kappa shape index (κ3) is 3.61. The lowest BCUT2D eigenvalue weighted by molar-refractivity contribution is 0.535. The van der Waals surface area contributed by atoms with Crippen LogP contribution in [0, 0.1) is 0 Å². The van der Waals surface area contributed by atoms with Crippen LogP contribution < -0.4 is 5.32 Å². The Hall–Kier alpha value is -1.26. The minimum atomic E-state index is 0.550. The highest BCUT2D eigenvalue weighted by Gasteiger charge is 2.11. The lowest BCUT2D eigenvalue weighted by Gasteiger charge is -2.10. The molecule has 0 amide bonds. The Morgan fingerprint density at radius 1 is 1.37 bits per heavy atom. The van der Waals surface area contributed by atoms with Crippen molar-refractivity contribution in [2.24, 2.45) is 0 Å². The maximum absolute atomic E-state index is 4.74. The molecule has 0 saturated carbocycles. The number of nitrogens with zero attached hydrogens (tertiary/aromatic N) is 2. The van der Waals surface area contributed by atoms with Crippen LogP contribution in [0.15, 0.2) is 24.5 Å². The monoisotopic (exact) mass is 275 g/mol. The van der Waals surface area contributed by atoms with Gasteiger partial charge in [-0.15, -0.1) is 11.3 Å². The molecule has 0 aliphatic rings. The van der Waals surface area contributed by atoms with Gasteiger partial charge in [-0.05, 0) is 31.9 Å². The van der Waals surface area contributed by atoms with Crippen molar-refractivity contribution in [3.8, 4) is 10.6 Å². The molecule has 0 spiro atoms. The average Bonchev–Trinajstić information content (AvgIpc) is 2.89. The standard InChI is InChI=1S/C15H21N3S/c1-4-11(3)17-10-14-13(5-2)18-15(19-14)12-7-6-8-16-9-12/h6-9,11,17H,4-5,10H2,1-3H3. The maximum atomic E-state index is 4.74. The van der Waals surface area contributed by atoms with Gasteiger partial charge in [0.2, 0.25) is 0 Å². The Morgan fingerprint density at radius 3 is 2.84 bits per heavy atom. The molecule has 19 heavy (non-hydrogen) atoms. The van der Waals surface area contributed by atoms with Crippen LogP contribution in [0.1, 0.15) is 37.8 Å². The molecule has 0 aromatic carbocycles. The molecule has 2 rings (SSSR count). The summed E-state index contributed by atoms with van der Waals surface area (Å²) < 4.78 is 0. The summed E-state index contributed by atoms with van der Waals surface area (Å²) in [6.45, 7) is 7.49. The molecule has 4 heteroatoms. The first-order chi connectivity index (χ1) is 9.24. The molecule has 0 fully saturated rings. The first kappa shape index (κ1) is 14.2. The van der Waals surface area contributed by atoms with Gasteiger partial charge in [0.1, 0.15) is 5.01 Å². The number of aromatic nitrogens is 2. The summed E-state index contributed by atoms with van der Waals surface area (Å²) in [5, 5.41) is 4.62. The molecule has 0 aliphatic carbocycles. The number of hydrogen-bond acceptors (Lipinski definition) is 4. The van der Waals surface area contributed by atoms with Crippen LogP contribution in [0.5, 0.6) is 0 Å². The van der Waals surface area contributed by atoms with Crippen molar-refractivity contribution in [2.45, 2.75) is 46.2 Å². The van der Waals surface area contributed by atoms with Gasteiger partial charge < -0.3 is 5.32 Å². The van der Waals surface area contributed by atoms with Crippen LogP contribution in [0.4, 0.5) is 0 Å². The van der Waals surface area contributed by atoms with Crippen LogP contribution >= 0.6 is 11.3 Å². The second-order valence-corrected chi connectivity index (χ2v) is 5.76. The van der Waals surface area contributed by atoms with Crippen LogP contribution in [-0.4, -0.2) is 16.0 Å². The first-order valence-corrected chi connectivity index (χ1v) is 7.68. The van der Waals surface area contributed by atoms with Gasteiger partial charge in [-0.3, -0.25) is 4.98 Å².